The Morgan fingerprint density at radius 1 is 1.40 bits per heavy atom. The summed E-state index contributed by atoms with van der Waals surface area (Å²) in [5, 5.41) is 8.68. The molecule has 1 N–H and O–H groups in total. The minimum absolute atomic E-state index is 0.129. The molecule has 0 unspecified atom stereocenters. The van der Waals surface area contributed by atoms with Gasteiger partial charge >= 0.3 is 5.97 Å². The van der Waals surface area contributed by atoms with Gasteiger partial charge in [0.05, 0.1) is 12.2 Å². The predicted octanol–water partition coefficient (Wildman–Crippen LogP) is 1.86. The molecule has 0 aliphatic heterocycles. The maximum absolute atomic E-state index is 11.5. The quantitative estimate of drug-likeness (QED) is 0.751. The van der Waals surface area contributed by atoms with Crippen LogP contribution in [0.15, 0.2) is 30.3 Å². The Morgan fingerprint density at radius 3 is 2.67 bits per heavy atom. The van der Waals surface area contributed by atoms with Crippen molar-refractivity contribution in [2.75, 3.05) is 13.2 Å². The second-order valence-electron chi connectivity index (χ2n) is 3.58. The maximum Gasteiger partial charge on any atom is 0.338 e. The number of carbonyl (C=O) groups is 1. The average Bonchev–Trinajstić information content (AvgIpc) is 2.27. The van der Waals surface area contributed by atoms with Gasteiger partial charge in [0.2, 0.25) is 0 Å². The molecule has 0 heterocycles. The van der Waals surface area contributed by atoms with E-state index in [0.29, 0.717) is 18.6 Å². The molecule has 15 heavy (non-hydrogen) atoms. The molecule has 1 rings (SSSR count). The number of rotatable bonds is 5. The Labute approximate surface area is 89.7 Å². The Balaban J connectivity index is 2.37. The normalized spacial score (nSPS) is 12.1. The highest BCUT2D eigenvalue weighted by Crippen LogP contribution is 2.05. The van der Waals surface area contributed by atoms with Gasteiger partial charge in [-0.1, -0.05) is 25.1 Å². The van der Waals surface area contributed by atoms with Crippen LogP contribution in [0, 0.1) is 5.92 Å². The van der Waals surface area contributed by atoms with Crippen LogP contribution in [0.1, 0.15) is 23.7 Å². The van der Waals surface area contributed by atoms with Crippen LogP contribution in [-0.2, 0) is 4.74 Å². The number of ether oxygens (including phenoxy) is 1. The summed E-state index contributed by atoms with van der Waals surface area (Å²) in [6.45, 7) is 2.42. The van der Waals surface area contributed by atoms with Gasteiger partial charge in [0.25, 0.3) is 0 Å². The molecule has 1 aromatic carbocycles. The summed E-state index contributed by atoms with van der Waals surface area (Å²) in [6.07, 6.45) is 0.655. The van der Waals surface area contributed by atoms with Crippen LogP contribution in [0.5, 0.6) is 0 Å². The van der Waals surface area contributed by atoms with Crippen molar-refractivity contribution in [3.63, 3.8) is 0 Å². The lowest BCUT2D eigenvalue weighted by Gasteiger charge is -2.10. The fourth-order valence-corrected chi connectivity index (χ4v) is 1.18. The van der Waals surface area contributed by atoms with E-state index in [2.05, 4.69) is 0 Å². The number of benzene rings is 1. The summed E-state index contributed by atoms with van der Waals surface area (Å²) >= 11 is 0. The van der Waals surface area contributed by atoms with Crippen molar-refractivity contribution in [3.05, 3.63) is 35.9 Å². The summed E-state index contributed by atoms with van der Waals surface area (Å²) in [7, 11) is 0. The monoisotopic (exact) mass is 208 g/mol. The highest BCUT2D eigenvalue weighted by molar-refractivity contribution is 5.89. The van der Waals surface area contributed by atoms with Crippen molar-refractivity contribution in [3.8, 4) is 0 Å². The summed E-state index contributed by atoms with van der Waals surface area (Å²) in [4.78, 5) is 11.5. The molecule has 0 aromatic heterocycles. The Kier molecular flexibility index (Phi) is 4.84. The van der Waals surface area contributed by atoms with E-state index in [0.717, 1.165) is 0 Å². The molecule has 82 valence electrons. The molecule has 0 saturated heterocycles. The van der Waals surface area contributed by atoms with Crippen LogP contribution >= 0.6 is 0 Å². The first-order valence-electron chi connectivity index (χ1n) is 5.07. The molecule has 0 fully saturated rings. The van der Waals surface area contributed by atoms with E-state index in [1.807, 2.05) is 13.0 Å². The maximum atomic E-state index is 11.5. The first-order chi connectivity index (χ1) is 7.24. The summed E-state index contributed by atoms with van der Waals surface area (Å²) < 4.78 is 5.09. The molecule has 0 radical (unpaired) electrons. The topological polar surface area (TPSA) is 46.5 Å². The van der Waals surface area contributed by atoms with Gasteiger partial charge < -0.3 is 9.84 Å². The summed E-state index contributed by atoms with van der Waals surface area (Å²) in [5.74, 6) is -0.108. The lowest BCUT2D eigenvalue weighted by Crippen LogP contribution is -2.13. The fraction of sp³-hybridized carbons (Fsp3) is 0.417. The Hall–Kier alpha value is -1.35. The van der Waals surface area contributed by atoms with Crippen molar-refractivity contribution in [1.82, 2.24) is 0 Å². The van der Waals surface area contributed by atoms with Crippen LogP contribution in [-0.4, -0.2) is 24.3 Å². The van der Waals surface area contributed by atoms with Crippen LogP contribution in [0.4, 0.5) is 0 Å². The third-order valence-electron chi connectivity index (χ3n) is 2.13. The van der Waals surface area contributed by atoms with E-state index in [9.17, 15) is 4.79 Å². The lowest BCUT2D eigenvalue weighted by atomic mass is 10.1. The molecular weight excluding hydrogens is 192 g/mol. The van der Waals surface area contributed by atoms with E-state index >= 15 is 0 Å². The van der Waals surface area contributed by atoms with Gasteiger partial charge in [0, 0.05) is 6.61 Å². The van der Waals surface area contributed by atoms with Crippen molar-refractivity contribution in [2.45, 2.75) is 13.3 Å². The number of aliphatic hydroxyl groups is 1. The van der Waals surface area contributed by atoms with Crippen LogP contribution < -0.4 is 0 Å². The van der Waals surface area contributed by atoms with E-state index < -0.39 is 0 Å². The van der Waals surface area contributed by atoms with Gasteiger partial charge in [0.1, 0.15) is 0 Å². The smallest absolute Gasteiger partial charge is 0.338 e. The third-order valence-corrected chi connectivity index (χ3v) is 2.13. The number of hydrogen-bond donors (Lipinski definition) is 1. The number of esters is 1. The molecule has 0 aliphatic carbocycles. The highest BCUT2D eigenvalue weighted by atomic mass is 16.5. The first-order valence-corrected chi connectivity index (χ1v) is 5.07. The molecule has 0 aliphatic rings. The predicted molar refractivity (Wildman–Crippen MR) is 57.6 cm³/mol. The van der Waals surface area contributed by atoms with E-state index in [1.54, 1.807) is 24.3 Å². The van der Waals surface area contributed by atoms with Gasteiger partial charge in [-0.15, -0.1) is 0 Å². The van der Waals surface area contributed by atoms with Crippen LogP contribution in [0.3, 0.4) is 0 Å². The average molecular weight is 208 g/mol. The van der Waals surface area contributed by atoms with Gasteiger partial charge in [-0.3, -0.25) is 0 Å². The Bertz CT molecular complexity index is 295. The molecule has 3 heteroatoms. The molecule has 3 nitrogen and oxygen atoms in total. The highest BCUT2D eigenvalue weighted by Gasteiger charge is 2.08. The molecule has 1 aromatic rings. The van der Waals surface area contributed by atoms with Crippen molar-refractivity contribution in [2.24, 2.45) is 5.92 Å². The van der Waals surface area contributed by atoms with Crippen molar-refractivity contribution >= 4 is 5.97 Å². The molecule has 0 saturated carbocycles. The third kappa shape index (κ3) is 4.13. The summed E-state index contributed by atoms with van der Waals surface area (Å²) in [5.41, 5.74) is 0.564. The molecule has 1 atom stereocenters. The molecule has 0 spiro atoms. The standard InChI is InChI=1S/C12H16O3/c1-10(7-8-13)9-15-12(14)11-5-3-2-4-6-11/h2-6,10,13H,7-9H2,1H3/t10-/m1/s1. The number of hydrogen-bond acceptors (Lipinski definition) is 3. The summed E-state index contributed by atoms with van der Waals surface area (Å²) in [6, 6.07) is 8.89. The number of aliphatic hydroxyl groups excluding tert-OH is 1. The second kappa shape index (κ2) is 6.19. The minimum Gasteiger partial charge on any atom is -0.462 e. The molecule has 0 bridgehead atoms. The first kappa shape index (κ1) is 11.7. The minimum atomic E-state index is -0.305. The fourth-order valence-electron chi connectivity index (χ4n) is 1.18. The second-order valence-corrected chi connectivity index (χ2v) is 3.58. The SMILES string of the molecule is C[C@H](CCO)COC(=O)c1ccccc1. The molecular formula is C12H16O3. The largest absolute Gasteiger partial charge is 0.462 e. The van der Waals surface area contributed by atoms with Crippen molar-refractivity contribution in [1.29, 1.82) is 0 Å². The van der Waals surface area contributed by atoms with Gasteiger partial charge in [-0.05, 0) is 24.5 Å². The van der Waals surface area contributed by atoms with Gasteiger partial charge in [-0.25, -0.2) is 4.79 Å². The van der Waals surface area contributed by atoms with Crippen molar-refractivity contribution < 1.29 is 14.6 Å². The van der Waals surface area contributed by atoms with E-state index in [-0.39, 0.29) is 18.5 Å². The van der Waals surface area contributed by atoms with E-state index in [4.69, 9.17) is 9.84 Å². The number of carbonyl (C=O) groups excluding carboxylic acids is 1. The molecule has 0 amide bonds. The van der Waals surface area contributed by atoms with Crippen LogP contribution in [0.2, 0.25) is 0 Å². The Morgan fingerprint density at radius 2 is 2.07 bits per heavy atom. The zero-order valence-electron chi connectivity index (χ0n) is 8.85. The zero-order valence-corrected chi connectivity index (χ0v) is 8.85. The van der Waals surface area contributed by atoms with Gasteiger partial charge in [-0.2, -0.15) is 0 Å². The lowest BCUT2D eigenvalue weighted by molar-refractivity contribution is 0.0432. The zero-order chi connectivity index (χ0) is 11.1. The van der Waals surface area contributed by atoms with Gasteiger partial charge in [0.15, 0.2) is 0 Å². The van der Waals surface area contributed by atoms with Crippen LogP contribution in [0.25, 0.3) is 0 Å². The van der Waals surface area contributed by atoms with E-state index in [1.165, 1.54) is 0 Å².